The largest absolute Gasteiger partial charge is 0.386 e. The lowest BCUT2D eigenvalue weighted by molar-refractivity contribution is 0.000943. The third-order valence-electron chi connectivity index (χ3n) is 4.27. The van der Waals surface area contributed by atoms with Crippen LogP contribution in [0.15, 0.2) is 36.5 Å². The second-order valence-corrected chi connectivity index (χ2v) is 5.46. The molecule has 1 aromatic heterocycles. The Morgan fingerprint density at radius 1 is 1.32 bits per heavy atom. The zero-order valence-electron chi connectivity index (χ0n) is 12.1. The van der Waals surface area contributed by atoms with Gasteiger partial charge in [-0.05, 0) is 51.2 Å². The summed E-state index contributed by atoms with van der Waals surface area (Å²) in [7, 11) is 4.02. The number of fused-ring (bicyclic) bond motifs is 1. The summed E-state index contributed by atoms with van der Waals surface area (Å²) in [6.07, 6.45) is 2.15. The van der Waals surface area contributed by atoms with Crippen molar-refractivity contribution in [1.82, 2.24) is 9.88 Å². The van der Waals surface area contributed by atoms with Crippen LogP contribution in [0.4, 0.5) is 0 Å². The molecule has 2 rings (SSSR count). The van der Waals surface area contributed by atoms with Crippen molar-refractivity contribution in [2.75, 3.05) is 14.1 Å². The van der Waals surface area contributed by atoms with Crippen LogP contribution < -0.4 is 0 Å². The van der Waals surface area contributed by atoms with Gasteiger partial charge in [-0.2, -0.15) is 0 Å². The monoisotopic (exact) mass is 258 g/mol. The molecule has 0 bridgehead atoms. The number of aliphatic hydroxyl groups is 1. The average molecular weight is 258 g/mol. The summed E-state index contributed by atoms with van der Waals surface area (Å²) < 4.78 is 0. The van der Waals surface area contributed by atoms with E-state index in [-0.39, 0.29) is 5.54 Å². The van der Waals surface area contributed by atoms with Gasteiger partial charge < -0.3 is 10.0 Å². The molecule has 0 saturated heterocycles. The first-order chi connectivity index (χ1) is 8.99. The van der Waals surface area contributed by atoms with Crippen LogP contribution in [-0.4, -0.2) is 34.6 Å². The van der Waals surface area contributed by atoms with Gasteiger partial charge in [-0.3, -0.25) is 4.98 Å². The predicted molar refractivity (Wildman–Crippen MR) is 79.1 cm³/mol. The minimum Gasteiger partial charge on any atom is -0.386 e. The number of aromatic nitrogens is 1. The summed E-state index contributed by atoms with van der Waals surface area (Å²) in [4.78, 5) is 6.40. The van der Waals surface area contributed by atoms with E-state index >= 15 is 0 Å². The lowest BCUT2D eigenvalue weighted by Crippen LogP contribution is -2.46. The zero-order valence-corrected chi connectivity index (χ0v) is 12.1. The van der Waals surface area contributed by atoms with E-state index in [2.05, 4.69) is 23.7 Å². The molecule has 2 aromatic rings. The zero-order chi connectivity index (χ0) is 14.0. The minimum absolute atomic E-state index is 0.268. The van der Waals surface area contributed by atoms with Gasteiger partial charge in [0.15, 0.2) is 0 Å². The van der Waals surface area contributed by atoms with E-state index in [0.29, 0.717) is 0 Å². The Bertz CT molecular complexity index is 567. The lowest BCUT2D eigenvalue weighted by Gasteiger charge is -2.40. The first kappa shape index (κ1) is 14.0. The van der Waals surface area contributed by atoms with E-state index in [9.17, 15) is 5.11 Å². The first-order valence-electron chi connectivity index (χ1n) is 6.69. The van der Waals surface area contributed by atoms with Crippen LogP contribution in [-0.2, 0) is 0 Å². The smallest absolute Gasteiger partial charge is 0.0970 e. The van der Waals surface area contributed by atoms with Crippen molar-refractivity contribution in [3.05, 3.63) is 42.1 Å². The van der Waals surface area contributed by atoms with Gasteiger partial charge in [-0.15, -0.1) is 0 Å². The minimum atomic E-state index is -0.517. The van der Waals surface area contributed by atoms with Crippen LogP contribution >= 0.6 is 0 Å². The van der Waals surface area contributed by atoms with E-state index < -0.39 is 6.10 Å². The molecule has 19 heavy (non-hydrogen) atoms. The van der Waals surface area contributed by atoms with Crippen LogP contribution in [0, 0.1) is 0 Å². The molecule has 1 heterocycles. The molecule has 3 nitrogen and oxygen atoms in total. The molecule has 0 aliphatic heterocycles. The summed E-state index contributed by atoms with van der Waals surface area (Å²) in [6.45, 7) is 4.19. The molecule has 0 spiro atoms. The van der Waals surface area contributed by atoms with Crippen LogP contribution in [0.2, 0.25) is 0 Å². The van der Waals surface area contributed by atoms with Gasteiger partial charge in [0.1, 0.15) is 0 Å². The van der Waals surface area contributed by atoms with Crippen molar-refractivity contribution in [2.24, 2.45) is 0 Å². The summed E-state index contributed by atoms with van der Waals surface area (Å²) in [5.74, 6) is 0. The van der Waals surface area contributed by atoms with Gasteiger partial charge in [0, 0.05) is 17.1 Å². The summed E-state index contributed by atoms with van der Waals surface area (Å²) >= 11 is 0. The molecule has 1 N–H and O–H groups in total. The molecule has 0 aliphatic rings. The highest BCUT2D eigenvalue weighted by molar-refractivity contribution is 5.79. The molecule has 3 heteroatoms. The van der Waals surface area contributed by atoms with Gasteiger partial charge in [0.2, 0.25) is 0 Å². The highest BCUT2D eigenvalue weighted by Gasteiger charge is 2.34. The lowest BCUT2D eigenvalue weighted by atomic mass is 9.85. The summed E-state index contributed by atoms with van der Waals surface area (Å²) in [5, 5.41) is 11.8. The van der Waals surface area contributed by atoms with E-state index in [1.54, 1.807) is 6.20 Å². The molecule has 0 aliphatic carbocycles. The SMILES string of the molecule is CCC(C)(C(O)c1ccc2ncccc2c1)N(C)C. The molecule has 0 radical (unpaired) electrons. The fraction of sp³-hybridized carbons (Fsp3) is 0.438. The van der Waals surface area contributed by atoms with Gasteiger partial charge >= 0.3 is 0 Å². The van der Waals surface area contributed by atoms with E-state index in [0.717, 1.165) is 22.9 Å². The Morgan fingerprint density at radius 3 is 2.68 bits per heavy atom. The Hall–Kier alpha value is -1.45. The van der Waals surface area contributed by atoms with Crippen molar-refractivity contribution in [2.45, 2.75) is 31.9 Å². The van der Waals surface area contributed by atoms with Crippen molar-refractivity contribution in [3.8, 4) is 0 Å². The predicted octanol–water partition coefficient (Wildman–Crippen LogP) is 3.00. The van der Waals surface area contributed by atoms with Crippen LogP contribution in [0.25, 0.3) is 10.9 Å². The quantitative estimate of drug-likeness (QED) is 0.916. The fourth-order valence-electron chi connectivity index (χ4n) is 2.38. The van der Waals surface area contributed by atoms with E-state index in [1.165, 1.54) is 0 Å². The van der Waals surface area contributed by atoms with Gasteiger partial charge in [-0.1, -0.05) is 19.1 Å². The molecule has 0 saturated carbocycles. The summed E-state index contributed by atoms with van der Waals surface area (Å²) in [5.41, 5.74) is 1.63. The number of likely N-dealkylation sites (N-methyl/N-ethyl adjacent to an activating group) is 1. The fourth-order valence-corrected chi connectivity index (χ4v) is 2.38. The average Bonchev–Trinajstić information content (AvgIpc) is 2.44. The van der Waals surface area contributed by atoms with Crippen molar-refractivity contribution < 1.29 is 5.11 Å². The third kappa shape index (κ3) is 2.48. The number of pyridine rings is 1. The highest BCUT2D eigenvalue weighted by atomic mass is 16.3. The third-order valence-corrected chi connectivity index (χ3v) is 4.27. The maximum absolute atomic E-state index is 10.7. The molecule has 102 valence electrons. The molecule has 0 amide bonds. The number of rotatable bonds is 4. The maximum Gasteiger partial charge on any atom is 0.0970 e. The standard InChI is InChI=1S/C16H22N2O/c1-5-16(2,18(3)4)15(19)13-8-9-14-12(11-13)7-6-10-17-14/h6-11,15,19H,5H2,1-4H3. The Labute approximate surface area is 114 Å². The van der Waals surface area contributed by atoms with Gasteiger partial charge in [0.25, 0.3) is 0 Å². The Balaban J connectivity index is 2.43. The number of aliphatic hydroxyl groups excluding tert-OH is 1. The second kappa shape index (κ2) is 5.27. The molecule has 1 aromatic carbocycles. The maximum atomic E-state index is 10.7. The van der Waals surface area contributed by atoms with Gasteiger partial charge in [-0.25, -0.2) is 0 Å². The molecule has 0 fully saturated rings. The van der Waals surface area contributed by atoms with E-state index in [4.69, 9.17) is 0 Å². The molecule has 2 atom stereocenters. The van der Waals surface area contributed by atoms with Crippen molar-refractivity contribution in [3.63, 3.8) is 0 Å². The number of benzene rings is 1. The summed E-state index contributed by atoms with van der Waals surface area (Å²) in [6, 6.07) is 9.92. The Morgan fingerprint density at radius 2 is 2.05 bits per heavy atom. The molecule has 2 unspecified atom stereocenters. The second-order valence-electron chi connectivity index (χ2n) is 5.46. The van der Waals surface area contributed by atoms with Crippen molar-refractivity contribution in [1.29, 1.82) is 0 Å². The number of nitrogens with zero attached hydrogens (tertiary/aromatic N) is 2. The normalized spacial score (nSPS) is 16.5. The highest BCUT2D eigenvalue weighted by Crippen LogP contribution is 2.33. The van der Waals surface area contributed by atoms with Crippen LogP contribution in [0.3, 0.4) is 0 Å². The molecular formula is C16H22N2O. The molecular weight excluding hydrogens is 236 g/mol. The van der Waals surface area contributed by atoms with Crippen LogP contribution in [0.5, 0.6) is 0 Å². The first-order valence-corrected chi connectivity index (χ1v) is 6.69. The number of hydrogen-bond donors (Lipinski definition) is 1. The van der Waals surface area contributed by atoms with Crippen molar-refractivity contribution >= 4 is 10.9 Å². The van der Waals surface area contributed by atoms with Crippen LogP contribution in [0.1, 0.15) is 31.9 Å². The van der Waals surface area contributed by atoms with Gasteiger partial charge in [0.05, 0.1) is 11.6 Å². The Kier molecular flexibility index (Phi) is 3.88. The van der Waals surface area contributed by atoms with E-state index in [1.807, 2.05) is 44.4 Å². The number of hydrogen-bond acceptors (Lipinski definition) is 3. The topological polar surface area (TPSA) is 36.4 Å².